The number of nitrogens with zero attached hydrogens (tertiary/aromatic N) is 6. The van der Waals surface area contributed by atoms with Crippen molar-refractivity contribution in [2.24, 2.45) is 0 Å². The molecule has 2 aliphatic rings. The normalized spacial score (nSPS) is 19.2. The summed E-state index contributed by atoms with van der Waals surface area (Å²) in [6.07, 6.45) is 18.7. The third-order valence-corrected chi connectivity index (χ3v) is 6.15. The molecule has 0 radical (unpaired) electrons. The molecule has 0 N–H and O–H groups in total. The number of aryl methyl sites for hydroxylation is 2. The maximum atomic E-state index is 4.44. The van der Waals surface area contributed by atoms with Gasteiger partial charge in [-0.05, 0) is 76.4 Å². The van der Waals surface area contributed by atoms with Gasteiger partial charge in [0.15, 0.2) is 0 Å². The lowest BCUT2D eigenvalue weighted by Gasteiger charge is -2.11. The van der Waals surface area contributed by atoms with Crippen molar-refractivity contribution in [3.8, 4) is 0 Å². The summed E-state index contributed by atoms with van der Waals surface area (Å²) in [5.41, 5.74) is 7.32. The third kappa shape index (κ3) is 4.26. The highest BCUT2D eigenvalue weighted by Crippen LogP contribution is 2.22. The van der Waals surface area contributed by atoms with E-state index < -0.39 is 0 Å². The van der Waals surface area contributed by atoms with Crippen molar-refractivity contribution in [3.63, 3.8) is 0 Å². The average molecular weight is 381 g/mol. The zero-order valence-electron chi connectivity index (χ0n) is 17.3. The van der Waals surface area contributed by atoms with Crippen LogP contribution in [0.4, 0.5) is 0 Å². The Morgan fingerprint density at radius 3 is 1.43 bits per heavy atom. The smallest absolute Gasteiger partial charge is 0.0863 e. The molecule has 2 aromatic rings. The summed E-state index contributed by atoms with van der Waals surface area (Å²) in [5, 5.41) is 17.7. The number of rotatable bonds is 3. The molecule has 0 saturated heterocycles. The van der Waals surface area contributed by atoms with Crippen LogP contribution in [0.2, 0.25) is 0 Å². The highest BCUT2D eigenvalue weighted by atomic mass is 15.4. The summed E-state index contributed by atoms with van der Waals surface area (Å²) in [6.45, 7) is 4.28. The summed E-state index contributed by atoms with van der Waals surface area (Å²) in [7, 11) is 0. The van der Waals surface area contributed by atoms with Crippen LogP contribution in [0.3, 0.4) is 0 Å². The number of fused-ring (bicyclic) bond motifs is 2. The van der Waals surface area contributed by atoms with Crippen LogP contribution in [-0.2, 0) is 25.7 Å². The molecule has 0 saturated carbocycles. The molecule has 150 valence electrons. The molecule has 2 aromatic heterocycles. The van der Waals surface area contributed by atoms with Crippen LogP contribution in [0.1, 0.15) is 88.0 Å². The van der Waals surface area contributed by atoms with Gasteiger partial charge in [-0.25, -0.2) is 9.36 Å². The van der Waals surface area contributed by atoms with Gasteiger partial charge in [-0.2, -0.15) is 0 Å². The molecule has 4 rings (SSSR count). The van der Waals surface area contributed by atoms with Crippen LogP contribution in [-0.4, -0.2) is 30.0 Å². The lowest BCUT2D eigenvalue weighted by molar-refractivity contribution is 0.603. The van der Waals surface area contributed by atoms with Gasteiger partial charge in [0.1, 0.15) is 0 Å². The topological polar surface area (TPSA) is 61.4 Å². The summed E-state index contributed by atoms with van der Waals surface area (Å²) < 4.78 is 4.00. The molecule has 0 spiro atoms. The Bertz CT molecular complexity index is 797. The molecular formula is C22H32N6. The maximum absolute atomic E-state index is 4.44. The van der Waals surface area contributed by atoms with Gasteiger partial charge in [0.25, 0.3) is 0 Å². The number of aromatic nitrogens is 6. The molecule has 2 heterocycles. The van der Waals surface area contributed by atoms with Crippen LogP contribution < -0.4 is 0 Å². The van der Waals surface area contributed by atoms with Crippen molar-refractivity contribution in [2.75, 3.05) is 0 Å². The van der Waals surface area contributed by atoms with E-state index in [2.05, 4.69) is 46.9 Å². The fraction of sp³-hybridized carbons (Fsp3) is 0.636. The van der Waals surface area contributed by atoms with Gasteiger partial charge in [-0.3, -0.25) is 0 Å². The second-order valence-corrected chi connectivity index (χ2v) is 8.31. The predicted octanol–water partition coefficient (Wildman–Crippen LogP) is 4.61. The average Bonchev–Trinajstić information content (AvgIpc) is 3.17. The van der Waals surface area contributed by atoms with E-state index in [1.807, 2.05) is 9.36 Å². The fourth-order valence-corrected chi connectivity index (χ4v) is 4.25. The van der Waals surface area contributed by atoms with Crippen LogP contribution in [0.25, 0.3) is 12.4 Å². The van der Waals surface area contributed by atoms with E-state index in [4.69, 9.17) is 0 Å². The van der Waals surface area contributed by atoms with E-state index in [1.54, 1.807) is 0 Å². The van der Waals surface area contributed by atoms with Crippen molar-refractivity contribution >= 4 is 12.4 Å². The Kier molecular flexibility index (Phi) is 6.03. The monoisotopic (exact) mass is 380 g/mol. The lowest BCUT2D eigenvalue weighted by atomic mass is 10.0. The number of allylic oxidation sites excluding steroid dienone is 2. The van der Waals surface area contributed by atoms with Gasteiger partial charge >= 0.3 is 0 Å². The molecule has 28 heavy (non-hydrogen) atoms. The first-order chi connectivity index (χ1) is 13.7. The largest absolute Gasteiger partial charge is 0.224 e. The highest BCUT2D eigenvalue weighted by Gasteiger charge is 2.15. The minimum atomic E-state index is 1.06. The molecule has 0 unspecified atom stereocenters. The van der Waals surface area contributed by atoms with E-state index in [0.29, 0.717) is 0 Å². The molecule has 2 aliphatic carbocycles. The van der Waals surface area contributed by atoms with Gasteiger partial charge in [-0.1, -0.05) is 36.1 Å². The summed E-state index contributed by atoms with van der Waals surface area (Å²) in [5.74, 6) is 0. The Morgan fingerprint density at radius 1 is 0.607 bits per heavy atom. The molecule has 0 fully saturated rings. The van der Waals surface area contributed by atoms with E-state index in [0.717, 1.165) is 25.7 Å². The van der Waals surface area contributed by atoms with E-state index in [-0.39, 0.29) is 0 Å². The van der Waals surface area contributed by atoms with Gasteiger partial charge in [0, 0.05) is 12.4 Å². The Labute approximate surface area is 167 Å². The predicted molar refractivity (Wildman–Crippen MR) is 112 cm³/mol. The van der Waals surface area contributed by atoms with E-state index >= 15 is 0 Å². The van der Waals surface area contributed by atoms with Crippen molar-refractivity contribution in [2.45, 2.75) is 90.9 Å². The Hall–Kier alpha value is -2.24. The zero-order chi connectivity index (χ0) is 19.3. The molecule has 6 heteroatoms. The summed E-state index contributed by atoms with van der Waals surface area (Å²) in [4.78, 5) is 0. The summed E-state index contributed by atoms with van der Waals surface area (Å²) in [6, 6.07) is 0. The molecular weight excluding hydrogens is 348 g/mol. The first kappa shape index (κ1) is 19.1. The number of hydrogen-bond donors (Lipinski definition) is 0. The standard InChI is InChI=1S/C22H32N6/c1-17(15-27-21-13-9-5-3-7-11-19(21)23-25-27)18(2)16-28-22-14-10-6-4-8-12-20(22)24-26-28/h15-16H,3-14H2,1-2H3/b17-15+,18-16+. The van der Waals surface area contributed by atoms with Crippen LogP contribution >= 0.6 is 0 Å². The van der Waals surface area contributed by atoms with Crippen molar-refractivity contribution in [1.29, 1.82) is 0 Å². The van der Waals surface area contributed by atoms with Gasteiger partial charge in [-0.15, -0.1) is 10.2 Å². The molecule has 0 amide bonds. The Morgan fingerprint density at radius 2 is 1.00 bits per heavy atom. The molecule has 0 aliphatic heterocycles. The molecule has 0 atom stereocenters. The van der Waals surface area contributed by atoms with Gasteiger partial charge in [0.05, 0.1) is 22.8 Å². The zero-order valence-corrected chi connectivity index (χ0v) is 17.3. The first-order valence-electron chi connectivity index (χ1n) is 11.0. The molecule has 0 bridgehead atoms. The van der Waals surface area contributed by atoms with Crippen molar-refractivity contribution in [3.05, 3.63) is 33.9 Å². The first-order valence-corrected chi connectivity index (χ1v) is 11.0. The quantitative estimate of drug-likeness (QED) is 0.730. The summed E-state index contributed by atoms with van der Waals surface area (Å²) >= 11 is 0. The minimum absolute atomic E-state index is 1.06. The van der Waals surface area contributed by atoms with E-state index in [1.165, 1.54) is 85.3 Å². The maximum Gasteiger partial charge on any atom is 0.0863 e. The van der Waals surface area contributed by atoms with E-state index in [9.17, 15) is 0 Å². The van der Waals surface area contributed by atoms with Gasteiger partial charge in [0.2, 0.25) is 0 Å². The van der Waals surface area contributed by atoms with Crippen LogP contribution in [0, 0.1) is 0 Å². The Balaban J connectivity index is 1.57. The minimum Gasteiger partial charge on any atom is -0.224 e. The highest BCUT2D eigenvalue weighted by molar-refractivity contribution is 5.50. The SMILES string of the molecule is CC(=C\n1nnc2c1CCCCCC2)/C(C)=C/n1nnc2c1CCCCCC2. The lowest BCUT2D eigenvalue weighted by Crippen LogP contribution is -2.05. The van der Waals surface area contributed by atoms with Crippen molar-refractivity contribution in [1.82, 2.24) is 30.0 Å². The number of hydrogen-bond acceptors (Lipinski definition) is 4. The second kappa shape index (κ2) is 8.84. The third-order valence-electron chi connectivity index (χ3n) is 6.15. The van der Waals surface area contributed by atoms with Crippen molar-refractivity contribution < 1.29 is 0 Å². The fourth-order valence-electron chi connectivity index (χ4n) is 4.25. The molecule has 0 aromatic carbocycles. The molecule has 6 nitrogen and oxygen atoms in total. The van der Waals surface area contributed by atoms with Gasteiger partial charge < -0.3 is 0 Å². The van der Waals surface area contributed by atoms with Crippen LogP contribution in [0.15, 0.2) is 11.1 Å². The van der Waals surface area contributed by atoms with Crippen LogP contribution in [0.5, 0.6) is 0 Å². The second-order valence-electron chi connectivity index (χ2n) is 8.31.